The molecule has 17 heavy (non-hydrogen) atoms. The highest BCUT2D eigenvalue weighted by molar-refractivity contribution is 6.33. The van der Waals surface area contributed by atoms with Crippen molar-refractivity contribution in [3.05, 3.63) is 28.8 Å². The zero-order chi connectivity index (χ0) is 11.8. The van der Waals surface area contributed by atoms with Gasteiger partial charge in [0.05, 0.1) is 10.7 Å². The maximum absolute atomic E-state index is 6.30. The SMILES string of the molecule is CC1CC(N2CCCC2)c2cccc(Cl)c2N1. The number of benzene rings is 1. The van der Waals surface area contributed by atoms with E-state index in [2.05, 4.69) is 29.3 Å². The number of likely N-dealkylation sites (tertiary alicyclic amines) is 1. The number of halogens is 1. The lowest BCUT2D eigenvalue weighted by atomic mass is 9.92. The molecule has 2 aliphatic rings. The summed E-state index contributed by atoms with van der Waals surface area (Å²) in [5.74, 6) is 0. The summed E-state index contributed by atoms with van der Waals surface area (Å²) in [5, 5.41) is 4.38. The predicted molar refractivity (Wildman–Crippen MR) is 72.7 cm³/mol. The van der Waals surface area contributed by atoms with Gasteiger partial charge < -0.3 is 5.32 Å². The molecule has 1 aromatic carbocycles. The van der Waals surface area contributed by atoms with Crippen LogP contribution in [0.1, 0.15) is 37.8 Å². The largest absolute Gasteiger partial charge is 0.381 e. The minimum absolute atomic E-state index is 0.507. The molecule has 1 fully saturated rings. The van der Waals surface area contributed by atoms with E-state index in [4.69, 9.17) is 11.6 Å². The minimum Gasteiger partial charge on any atom is -0.381 e. The first-order valence-corrected chi connectivity index (χ1v) is 6.92. The summed E-state index contributed by atoms with van der Waals surface area (Å²) >= 11 is 6.30. The zero-order valence-electron chi connectivity index (χ0n) is 10.2. The van der Waals surface area contributed by atoms with Crippen LogP contribution in [0.5, 0.6) is 0 Å². The summed E-state index contributed by atoms with van der Waals surface area (Å²) < 4.78 is 0. The normalized spacial score (nSPS) is 28.8. The average molecular weight is 251 g/mol. The number of nitrogens with zero attached hydrogens (tertiary/aromatic N) is 1. The summed E-state index contributed by atoms with van der Waals surface area (Å²) in [5.41, 5.74) is 2.54. The summed E-state index contributed by atoms with van der Waals surface area (Å²) in [6.45, 7) is 4.72. The van der Waals surface area contributed by atoms with Crippen LogP contribution in [0.4, 0.5) is 5.69 Å². The lowest BCUT2D eigenvalue weighted by Gasteiger charge is -2.37. The number of para-hydroxylation sites is 1. The number of hydrogen-bond donors (Lipinski definition) is 1. The van der Waals surface area contributed by atoms with Gasteiger partial charge in [0.1, 0.15) is 0 Å². The highest BCUT2D eigenvalue weighted by Crippen LogP contribution is 2.41. The van der Waals surface area contributed by atoms with Crippen LogP contribution in [0.3, 0.4) is 0 Å². The fraction of sp³-hybridized carbons (Fsp3) is 0.571. The van der Waals surface area contributed by atoms with Gasteiger partial charge in [-0.1, -0.05) is 23.7 Å². The Bertz CT molecular complexity index is 413. The van der Waals surface area contributed by atoms with E-state index in [1.54, 1.807) is 0 Å². The van der Waals surface area contributed by atoms with Crippen LogP contribution in [0.2, 0.25) is 5.02 Å². The molecule has 92 valence electrons. The molecule has 0 saturated carbocycles. The van der Waals surface area contributed by atoms with E-state index >= 15 is 0 Å². The van der Waals surface area contributed by atoms with Gasteiger partial charge in [-0.25, -0.2) is 0 Å². The van der Waals surface area contributed by atoms with Crippen LogP contribution in [0.15, 0.2) is 18.2 Å². The van der Waals surface area contributed by atoms with Gasteiger partial charge in [0, 0.05) is 12.1 Å². The standard InChI is InChI=1S/C14H19ClN2/c1-10-9-13(17-7-2-3-8-17)11-5-4-6-12(15)14(11)16-10/h4-6,10,13,16H,2-3,7-9H2,1H3. The predicted octanol–water partition coefficient (Wildman–Crippen LogP) is 3.68. The Labute approximate surface area is 108 Å². The Kier molecular flexibility index (Phi) is 3.01. The highest BCUT2D eigenvalue weighted by atomic mass is 35.5. The van der Waals surface area contributed by atoms with E-state index in [1.807, 2.05) is 6.07 Å². The summed E-state index contributed by atoms with van der Waals surface area (Å²) in [6.07, 6.45) is 3.87. The number of rotatable bonds is 1. The van der Waals surface area contributed by atoms with E-state index in [9.17, 15) is 0 Å². The highest BCUT2D eigenvalue weighted by Gasteiger charge is 2.31. The monoisotopic (exact) mass is 250 g/mol. The molecule has 3 rings (SSSR count). The van der Waals surface area contributed by atoms with Crippen molar-refractivity contribution >= 4 is 17.3 Å². The van der Waals surface area contributed by atoms with Gasteiger partial charge >= 0.3 is 0 Å². The molecule has 0 aliphatic carbocycles. The Morgan fingerprint density at radius 3 is 2.82 bits per heavy atom. The third-order valence-electron chi connectivity index (χ3n) is 3.95. The summed E-state index contributed by atoms with van der Waals surface area (Å²) in [4.78, 5) is 2.62. The maximum Gasteiger partial charge on any atom is 0.0641 e. The van der Waals surface area contributed by atoms with Crippen molar-refractivity contribution in [1.29, 1.82) is 0 Å². The van der Waals surface area contributed by atoms with Crippen LogP contribution in [0, 0.1) is 0 Å². The molecule has 3 heteroatoms. The Morgan fingerprint density at radius 1 is 1.29 bits per heavy atom. The second kappa shape index (κ2) is 4.51. The van der Waals surface area contributed by atoms with Gasteiger partial charge in [-0.3, -0.25) is 4.90 Å². The fourth-order valence-electron chi connectivity index (χ4n) is 3.14. The van der Waals surface area contributed by atoms with Gasteiger partial charge in [-0.15, -0.1) is 0 Å². The minimum atomic E-state index is 0.507. The van der Waals surface area contributed by atoms with E-state index in [-0.39, 0.29) is 0 Å². The smallest absolute Gasteiger partial charge is 0.0641 e. The number of hydrogen-bond acceptors (Lipinski definition) is 2. The molecule has 0 amide bonds. The molecule has 0 bridgehead atoms. The molecule has 0 aromatic heterocycles. The second-order valence-corrected chi connectivity index (χ2v) is 5.65. The van der Waals surface area contributed by atoms with Crippen molar-refractivity contribution in [2.75, 3.05) is 18.4 Å². The van der Waals surface area contributed by atoms with E-state index < -0.39 is 0 Å². The van der Waals surface area contributed by atoms with Crippen molar-refractivity contribution in [3.63, 3.8) is 0 Å². The van der Waals surface area contributed by atoms with Crippen LogP contribution in [-0.4, -0.2) is 24.0 Å². The Morgan fingerprint density at radius 2 is 2.06 bits per heavy atom. The number of anilines is 1. The van der Waals surface area contributed by atoms with Crippen molar-refractivity contribution in [2.45, 2.75) is 38.3 Å². The molecule has 1 aromatic rings. The van der Waals surface area contributed by atoms with Crippen LogP contribution < -0.4 is 5.32 Å². The lowest BCUT2D eigenvalue weighted by Crippen LogP contribution is -2.35. The first-order chi connectivity index (χ1) is 8.25. The molecule has 2 aliphatic heterocycles. The van der Waals surface area contributed by atoms with Crippen molar-refractivity contribution in [2.24, 2.45) is 0 Å². The van der Waals surface area contributed by atoms with Crippen LogP contribution in [0.25, 0.3) is 0 Å². The molecule has 2 unspecified atom stereocenters. The van der Waals surface area contributed by atoms with Crippen molar-refractivity contribution in [3.8, 4) is 0 Å². The first-order valence-electron chi connectivity index (χ1n) is 6.54. The Balaban J connectivity index is 1.98. The molecule has 0 spiro atoms. The van der Waals surface area contributed by atoms with Crippen molar-refractivity contribution < 1.29 is 0 Å². The first kappa shape index (κ1) is 11.4. The Hall–Kier alpha value is -0.730. The van der Waals surface area contributed by atoms with Gasteiger partial charge in [-0.2, -0.15) is 0 Å². The number of fused-ring (bicyclic) bond motifs is 1. The zero-order valence-corrected chi connectivity index (χ0v) is 11.0. The molecule has 1 saturated heterocycles. The topological polar surface area (TPSA) is 15.3 Å². The summed E-state index contributed by atoms with van der Waals surface area (Å²) in [6, 6.07) is 7.34. The van der Waals surface area contributed by atoms with E-state index in [0.717, 1.165) is 10.7 Å². The fourth-order valence-corrected chi connectivity index (χ4v) is 3.37. The molecule has 2 atom stereocenters. The third-order valence-corrected chi connectivity index (χ3v) is 4.27. The molecule has 1 N–H and O–H groups in total. The lowest BCUT2D eigenvalue weighted by molar-refractivity contribution is 0.223. The van der Waals surface area contributed by atoms with E-state index in [1.165, 1.54) is 37.9 Å². The van der Waals surface area contributed by atoms with Gasteiger partial charge in [0.15, 0.2) is 0 Å². The second-order valence-electron chi connectivity index (χ2n) is 5.24. The van der Waals surface area contributed by atoms with Gasteiger partial charge in [0.2, 0.25) is 0 Å². The summed E-state index contributed by atoms with van der Waals surface area (Å²) in [7, 11) is 0. The number of nitrogens with one attached hydrogen (secondary N) is 1. The molecular weight excluding hydrogens is 232 g/mol. The quantitative estimate of drug-likeness (QED) is 0.818. The molecular formula is C14H19ClN2. The van der Waals surface area contributed by atoms with Crippen LogP contribution >= 0.6 is 11.6 Å². The van der Waals surface area contributed by atoms with Gasteiger partial charge in [0.25, 0.3) is 0 Å². The van der Waals surface area contributed by atoms with Crippen LogP contribution in [-0.2, 0) is 0 Å². The third kappa shape index (κ3) is 2.04. The molecule has 2 nitrogen and oxygen atoms in total. The van der Waals surface area contributed by atoms with Crippen molar-refractivity contribution in [1.82, 2.24) is 4.90 Å². The molecule has 0 radical (unpaired) electrons. The molecule has 2 heterocycles. The van der Waals surface area contributed by atoms with Gasteiger partial charge in [-0.05, 0) is 50.9 Å². The average Bonchev–Trinajstić information content (AvgIpc) is 2.83. The maximum atomic E-state index is 6.30. The van der Waals surface area contributed by atoms with E-state index in [0.29, 0.717) is 12.1 Å².